The van der Waals surface area contributed by atoms with Gasteiger partial charge in [-0.1, -0.05) is 19.1 Å². The monoisotopic (exact) mass is 338 g/mol. The van der Waals surface area contributed by atoms with Crippen LogP contribution in [0.1, 0.15) is 34.8 Å². The molecule has 5 heteroatoms. The maximum Gasteiger partial charge on any atom is 0.251 e. The van der Waals surface area contributed by atoms with Crippen molar-refractivity contribution in [1.82, 2.24) is 5.32 Å². The average molecular weight is 338 g/mol. The van der Waals surface area contributed by atoms with Crippen LogP contribution in [0, 0.1) is 0 Å². The van der Waals surface area contributed by atoms with Gasteiger partial charge in [-0.3, -0.25) is 9.59 Å². The highest BCUT2D eigenvalue weighted by atomic mass is 16.5. The molecule has 0 bridgehead atoms. The summed E-state index contributed by atoms with van der Waals surface area (Å²) in [4.78, 5) is 26.2. The van der Waals surface area contributed by atoms with Gasteiger partial charge in [-0.05, 0) is 47.9 Å². The highest BCUT2D eigenvalue weighted by Crippen LogP contribution is 2.29. The molecule has 5 nitrogen and oxygen atoms in total. The number of fused-ring (bicyclic) bond motifs is 1. The van der Waals surface area contributed by atoms with E-state index in [1.807, 2.05) is 43.3 Å². The molecule has 0 saturated heterocycles. The van der Waals surface area contributed by atoms with Crippen molar-refractivity contribution < 1.29 is 14.3 Å². The van der Waals surface area contributed by atoms with Crippen LogP contribution in [-0.2, 0) is 17.8 Å². The van der Waals surface area contributed by atoms with Crippen molar-refractivity contribution in [1.29, 1.82) is 0 Å². The van der Waals surface area contributed by atoms with Gasteiger partial charge in [-0.2, -0.15) is 0 Å². The van der Waals surface area contributed by atoms with Crippen LogP contribution in [0.3, 0.4) is 0 Å². The zero-order valence-electron chi connectivity index (χ0n) is 14.5. The fourth-order valence-corrected chi connectivity index (χ4v) is 3.06. The number of amides is 2. The first-order chi connectivity index (χ1) is 12.1. The van der Waals surface area contributed by atoms with Gasteiger partial charge in [-0.15, -0.1) is 0 Å². The van der Waals surface area contributed by atoms with Crippen LogP contribution in [0.4, 0.5) is 5.69 Å². The number of nitrogens with one attached hydrogen (secondary N) is 1. The molecule has 1 heterocycles. The summed E-state index contributed by atoms with van der Waals surface area (Å²) in [6, 6.07) is 13.2. The second-order valence-electron chi connectivity index (χ2n) is 6.03. The zero-order chi connectivity index (χ0) is 17.8. The topological polar surface area (TPSA) is 58.6 Å². The lowest BCUT2D eigenvalue weighted by atomic mass is 10.1. The van der Waals surface area contributed by atoms with Crippen molar-refractivity contribution in [3.8, 4) is 5.75 Å². The van der Waals surface area contributed by atoms with E-state index in [4.69, 9.17) is 4.74 Å². The minimum Gasteiger partial charge on any atom is -0.497 e. The number of ether oxygens (including phenoxy) is 1. The Morgan fingerprint density at radius 3 is 2.80 bits per heavy atom. The summed E-state index contributed by atoms with van der Waals surface area (Å²) in [5, 5.41) is 2.93. The lowest BCUT2D eigenvalue weighted by molar-refractivity contribution is -0.118. The van der Waals surface area contributed by atoms with Gasteiger partial charge < -0.3 is 15.0 Å². The smallest absolute Gasteiger partial charge is 0.251 e. The molecule has 1 N–H and O–H groups in total. The first-order valence-corrected chi connectivity index (χ1v) is 8.46. The fourth-order valence-electron chi connectivity index (χ4n) is 3.06. The molecule has 3 rings (SSSR count). The number of nitrogens with zero attached hydrogens (tertiary/aromatic N) is 1. The van der Waals surface area contributed by atoms with E-state index >= 15 is 0 Å². The van der Waals surface area contributed by atoms with Gasteiger partial charge in [0.25, 0.3) is 5.91 Å². The average Bonchev–Trinajstić information content (AvgIpc) is 3.08. The van der Waals surface area contributed by atoms with Crippen molar-refractivity contribution in [3.63, 3.8) is 0 Å². The molecule has 2 aromatic rings. The molecule has 0 spiro atoms. The SMILES string of the molecule is CCC(=O)N1CCc2cc(C(=O)NCc3cccc(OC)c3)ccc21. The molecule has 2 aromatic carbocycles. The van der Waals surface area contributed by atoms with E-state index in [1.54, 1.807) is 18.1 Å². The first-order valence-electron chi connectivity index (χ1n) is 8.46. The number of benzene rings is 2. The predicted octanol–water partition coefficient (Wildman–Crippen LogP) is 2.92. The molecule has 0 aliphatic carbocycles. The van der Waals surface area contributed by atoms with E-state index in [2.05, 4.69) is 5.32 Å². The molecule has 1 aliphatic rings. The van der Waals surface area contributed by atoms with Crippen LogP contribution < -0.4 is 15.0 Å². The largest absolute Gasteiger partial charge is 0.497 e. The molecule has 0 unspecified atom stereocenters. The van der Waals surface area contributed by atoms with E-state index in [0.717, 1.165) is 29.0 Å². The van der Waals surface area contributed by atoms with E-state index in [1.165, 1.54) is 0 Å². The van der Waals surface area contributed by atoms with Crippen LogP contribution in [0.5, 0.6) is 5.75 Å². The molecular weight excluding hydrogens is 316 g/mol. The minimum absolute atomic E-state index is 0.119. The first kappa shape index (κ1) is 17.0. The van der Waals surface area contributed by atoms with E-state index < -0.39 is 0 Å². The standard InChI is InChI=1S/C20H22N2O3/c1-3-19(23)22-10-9-15-12-16(7-8-18(15)22)20(24)21-13-14-5-4-6-17(11-14)25-2/h4-8,11-12H,3,9-10,13H2,1-2H3,(H,21,24). The van der Waals surface area contributed by atoms with Crippen LogP contribution in [0.25, 0.3) is 0 Å². The van der Waals surface area contributed by atoms with Gasteiger partial charge >= 0.3 is 0 Å². The fraction of sp³-hybridized carbons (Fsp3) is 0.300. The normalized spacial score (nSPS) is 12.6. The number of hydrogen-bond donors (Lipinski definition) is 1. The summed E-state index contributed by atoms with van der Waals surface area (Å²) >= 11 is 0. The van der Waals surface area contributed by atoms with Gasteiger partial charge in [0.15, 0.2) is 0 Å². The lowest BCUT2D eigenvalue weighted by Gasteiger charge is -2.16. The summed E-state index contributed by atoms with van der Waals surface area (Å²) in [5.74, 6) is 0.768. The maximum atomic E-state index is 12.4. The number of hydrogen-bond acceptors (Lipinski definition) is 3. The second-order valence-corrected chi connectivity index (χ2v) is 6.03. The molecular formula is C20H22N2O3. The van der Waals surface area contributed by atoms with Crippen molar-refractivity contribution in [2.24, 2.45) is 0 Å². The van der Waals surface area contributed by atoms with Crippen LogP contribution in [0.15, 0.2) is 42.5 Å². The third-order valence-electron chi connectivity index (χ3n) is 4.43. The van der Waals surface area contributed by atoms with Gasteiger partial charge in [0.1, 0.15) is 5.75 Å². The van der Waals surface area contributed by atoms with E-state index in [9.17, 15) is 9.59 Å². The van der Waals surface area contributed by atoms with E-state index in [0.29, 0.717) is 25.1 Å². The van der Waals surface area contributed by atoms with Crippen molar-refractivity contribution in [2.45, 2.75) is 26.3 Å². The maximum absolute atomic E-state index is 12.4. The second kappa shape index (κ2) is 7.38. The van der Waals surface area contributed by atoms with Crippen LogP contribution >= 0.6 is 0 Å². The number of anilines is 1. The molecule has 0 fully saturated rings. The Bertz CT molecular complexity index is 801. The Labute approximate surface area is 147 Å². The number of carbonyl (C=O) groups excluding carboxylic acids is 2. The van der Waals surface area contributed by atoms with Gasteiger partial charge in [-0.25, -0.2) is 0 Å². The Morgan fingerprint density at radius 1 is 1.20 bits per heavy atom. The van der Waals surface area contributed by atoms with E-state index in [-0.39, 0.29) is 11.8 Å². The number of rotatable bonds is 5. The van der Waals surface area contributed by atoms with Gasteiger partial charge in [0, 0.05) is 30.8 Å². The Morgan fingerprint density at radius 2 is 2.04 bits per heavy atom. The van der Waals surface area contributed by atoms with Crippen molar-refractivity contribution in [3.05, 3.63) is 59.2 Å². The third kappa shape index (κ3) is 3.65. The summed E-state index contributed by atoms with van der Waals surface area (Å²) in [6.07, 6.45) is 1.28. The molecule has 2 amide bonds. The number of carbonyl (C=O) groups is 2. The Kier molecular flexibility index (Phi) is 5.03. The molecule has 0 saturated carbocycles. The van der Waals surface area contributed by atoms with Crippen LogP contribution in [-0.4, -0.2) is 25.5 Å². The molecule has 1 aliphatic heterocycles. The summed E-state index contributed by atoms with van der Waals surface area (Å²) in [7, 11) is 1.62. The van der Waals surface area contributed by atoms with Crippen LogP contribution in [0.2, 0.25) is 0 Å². The minimum atomic E-state index is -0.120. The molecule has 130 valence electrons. The highest BCUT2D eigenvalue weighted by molar-refractivity contribution is 5.98. The summed E-state index contributed by atoms with van der Waals surface area (Å²) < 4.78 is 5.19. The molecule has 0 aromatic heterocycles. The van der Waals surface area contributed by atoms with Gasteiger partial charge in [0.2, 0.25) is 5.91 Å². The summed E-state index contributed by atoms with van der Waals surface area (Å²) in [6.45, 7) is 2.99. The van der Waals surface area contributed by atoms with Crippen molar-refractivity contribution >= 4 is 17.5 Å². The summed E-state index contributed by atoms with van der Waals surface area (Å²) in [5.41, 5.74) is 3.58. The zero-order valence-corrected chi connectivity index (χ0v) is 14.5. The third-order valence-corrected chi connectivity index (χ3v) is 4.43. The van der Waals surface area contributed by atoms with Gasteiger partial charge in [0.05, 0.1) is 7.11 Å². The predicted molar refractivity (Wildman–Crippen MR) is 97.0 cm³/mol. The lowest BCUT2D eigenvalue weighted by Crippen LogP contribution is -2.27. The molecule has 0 radical (unpaired) electrons. The molecule has 25 heavy (non-hydrogen) atoms. The van der Waals surface area contributed by atoms with Crippen molar-refractivity contribution in [2.75, 3.05) is 18.6 Å². The number of methoxy groups -OCH3 is 1. The molecule has 0 atom stereocenters. The Hall–Kier alpha value is -2.82. The quantitative estimate of drug-likeness (QED) is 0.912. The highest BCUT2D eigenvalue weighted by Gasteiger charge is 2.24. The Balaban J connectivity index is 1.68.